The normalized spacial score (nSPS) is 24.6. The fraction of sp³-hybridized carbons (Fsp3) is 1.00. The van der Waals surface area contributed by atoms with Crippen LogP contribution in [0.5, 0.6) is 0 Å². The van der Waals surface area contributed by atoms with Gasteiger partial charge < -0.3 is 0 Å². The number of rotatable bonds is 0. The van der Waals surface area contributed by atoms with Crippen LogP contribution >= 0.6 is 0 Å². The molecule has 0 bridgehead atoms. The van der Waals surface area contributed by atoms with Crippen molar-refractivity contribution in [1.82, 2.24) is 0 Å². The quantitative estimate of drug-likeness (QED) is 0.490. The predicted molar refractivity (Wildman–Crippen MR) is 64.9 cm³/mol. The lowest BCUT2D eigenvalue weighted by Gasteiger charge is -2.10. The zero-order chi connectivity index (χ0) is 10.1. The lowest BCUT2D eigenvalue weighted by atomic mass is 9.79. The van der Waals surface area contributed by atoms with Gasteiger partial charge in [-0.3, -0.25) is 0 Å². The van der Waals surface area contributed by atoms with E-state index in [0.717, 1.165) is 0 Å². The molecule has 0 amide bonds. The standard InChI is InChI=1S/C13H25B/c14-13-11-9-7-5-3-1-2-4-6-8-10-12-13/h13H,1-12H2. The highest BCUT2D eigenvalue weighted by Crippen LogP contribution is 2.21. The van der Waals surface area contributed by atoms with Gasteiger partial charge in [0.2, 0.25) is 0 Å². The average molecular weight is 192 g/mol. The number of hydrogen-bond donors (Lipinski definition) is 0. The lowest BCUT2D eigenvalue weighted by molar-refractivity contribution is 0.562. The molecule has 1 heteroatoms. The minimum atomic E-state index is 0.496. The van der Waals surface area contributed by atoms with E-state index in [-0.39, 0.29) is 0 Å². The molecule has 0 heterocycles. The molecule has 0 unspecified atom stereocenters. The van der Waals surface area contributed by atoms with Crippen molar-refractivity contribution in [3.63, 3.8) is 0 Å². The Bertz CT molecular complexity index is 108. The molecule has 1 aliphatic rings. The summed E-state index contributed by atoms with van der Waals surface area (Å²) in [6, 6.07) is 0. The Labute approximate surface area is 91.3 Å². The van der Waals surface area contributed by atoms with Gasteiger partial charge in [0.05, 0.1) is 7.85 Å². The van der Waals surface area contributed by atoms with E-state index in [0.29, 0.717) is 5.82 Å². The second kappa shape index (κ2) is 8.38. The van der Waals surface area contributed by atoms with Crippen molar-refractivity contribution in [2.45, 2.75) is 82.9 Å². The lowest BCUT2D eigenvalue weighted by Crippen LogP contribution is -1.93. The van der Waals surface area contributed by atoms with Gasteiger partial charge in [-0.05, 0) is 0 Å². The van der Waals surface area contributed by atoms with E-state index in [4.69, 9.17) is 7.85 Å². The SMILES string of the molecule is [B]C1CCCCCCCCCCCC1. The summed E-state index contributed by atoms with van der Waals surface area (Å²) in [5.41, 5.74) is 0. The first-order valence-electron chi connectivity index (χ1n) is 6.65. The van der Waals surface area contributed by atoms with Gasteiger partial charge in [0.25, 0.3) is 0 Å². The van der Waals surface area contributed by atoms with Crippen molar-refractivity contribution in [2.75, 3.05) is 0 Å². The van der Waals surface area contributed by atoms with Crippen molar-refractivity contribution < 1.29 is 0 Å². The first-order chi connectivity index (χ1) is 6.89. The van der Waals surface area contributed by atoms with E-state index >= 15 is 0 Å². The molecule has 1 aliphatic carbocycles. The molecule has 80 valence electrons. The minimum Gasteiger partial charge on any atom is -0.0774 e. The molecule has 0 aromatic carbocycles. The average Bonchev–Trinajstić information content (AvgIpc) is 2.20. The third-order valence-electron chi connectivity index (χ3n) is 3.40. The van der Waals surface area contributed by atoms with E-state index in [1.54, 1.807) is 0 Å². The highest BCUT2D eigenvalue weighted by Gasteiger charge is 2.02. The van der Waals surface area contributed by atoms with Crippen LogP contribution in [0.2, 0.25) is 5.82 Å². The molecule has 2 radical (unpaired) electrons. The Balaban J connectivity index is 2.12. The zero-order valence-electron chi connectivity index (χ0n) is 9.64. The summed E-state index contributed by atoms with van der Waals surface area (Å²) < 4.78 is 0. The van der Waals surface area contributed by atoms with Gasteiger partial charge in [-0.25, -0.2) is 0 Å². The summed E-state index contributed by atoms with van der Waals surface area (Å²) in [7, 11) is 6.05. The summed E-state index contributed by atoms with van der Waals surface area (Å²) in [6.45, 7) is 0. The van der Waals surface area contributed by atoms with Crippen LogP contribution in [0.1, 0.15) is 77.0 Å². The topological polar surface area (TPSA) is 0 Å². The van der Waals surface area contributed by atoms with Gasteiger partial charge in [-0.2, -0.15) is 0 Å². The van der Waals surface area contributed by atoms with Crippen LogP contribution in [0.25, 0.3) is 0 Å². The Morgan fingerprint density at radius 3 is 1.14 bits per heavy atom. The molecule has 0 spiro atoms. The first kappa shape index (κ1) is 12.1. The molecule has 0 aromatic heterocycles. The Morgan fingerprint density at radius 2 is 0.786 bits per heavy atom. The summed E-state index contributed by atoms with van der Waals surface area (Å²) in [5.74, 6) is 0.496. The highest BCUT2D eigenvalue weighted by molar-refractivity contribution is 6.11. The van der Waals surface area contributed by atoms with Crippen molar-refractivity contribution in [2.24, 2.45) is 0 Å². The van der Waals surface area contributed by atoms with E-state index in [2.05, 4.69) is 0 Å². The maximum atomic E-state index is 6.05. The van der Waals surface area contributed by atoms with Crippen molar-refractivity contribution in [3.05, 3.63) is 0 Å². The van der Waals surface area contributed by atoms with Crippen molar-refractivity contribution in [3.8, 4) is 0 Å². The smallest absolute Gasteiger partial charge is 0.0699 e. The third kappa shape index (κ3) is 6.51. The van der Waals surface area contributed by atoms with Crippen LogP contribution in [0.15, 0.2) is 0 Å². The second-order valence-electron chi connectivity index (χ2n) is 4.87. The molecule has 1 rings (SSSR count). The fourth-order valence-electron chi connectivity index (χ4n) is 2.37. The van der Waals surface area contributed by atoms with Gasteiger partial charge in [-0.15, -0.1) is 0 Å². The molecule has 1 fully saturated rings. The molecule has 0 nitrogen and oxygen atoms in total. The number of hydrogen-bond acceptors (Lipinski definition) is 0. The molecule has 0 aromatic rings. The van der Waals surface area contributed by atoms with Crippen LogP contribution in [0.3, 0.4) is 0 Å². The minimum absolute atomic E-state index is 0.496. The van der Waals surface area contributed by atoms with Crippen LogP contribution in [-0.2, 0) is 0 Å². The molecule has 0 aliphatic heterocycles. The molecule has 0 N–H and O–H groups in total. The summed E-state index contributed by atoms with van der Waals surface area (Å²) in [6.07, 6.45) is 16.8. The molecule has 0 saturated heterocycles. The van der Waals surface area contributed by atoms with E-state index < -0.39 is 0 Å². The monoisotopic (exact) mass is 192 g/mol. The molecule has 1 saturated carbocycles. The van der Waals surface area contributed by atoms with Crippen molar-refractivity contribution >= 4 is 7.85 Å². The van der Waals surface area contributed by atoms with Gasteiger partial charge in [0.1, 0.15) is 0 Å². The van der Waals surface area contributed by atoms with E-state index in [9.17, 15) is 0 Å². The second-order valence-corrected chi connectivity index (χ2v) is 4.87. The molecule has 14 heavy (non-hydrogen) atoms. The Kier molecular flexibility index (Phi) is 7.26. The van der Waals surface area contributed by atoms with Gasteiger partial charge in [0.15, 0.2) is 0 Å². The van der Waals surface area contributed by atoms with Gasteiger partial charge >= 0.3 is 0 Å². The predicted octanol–water partition coefficient (Wildman–Crippen LogP) is 4.64. The summed E-state index contributed by atoms with van der Waals surface area (Å²) >= 11 is 0. The van der Waals surface area contributed by atoms with Crippen LogP contribution in [0, 0.1) is 0 Å². The molecular weight excluding hydrogens is 167 g/mol. The van der Waals surface area contributed by atoms with Gasteiger partial charge in [-0.1, -0.05) is 82.9 Å². The van der Waals surface area contributed by atoms with E-state index in [1.165, 1.54) is 77.0 Å². The zero-order valence-corrected chi connectivity index (χ0v) is 9.64. The van der Waals surface area contributed by atoms with Crippen LogP contribution in [0.4, 0.5) is 0 Å². The van der Waals surface area contributed by atoms with E-state index in [1.807, 2.05) is 0 Å². The highest BCUT2D eigenvalue weighted by atomic mass is 14.1. The van der Waals surface area contributed by atoms with Crippen LogP contribution < -0.4 is 0 Å². The fourth-order valence-corrected chi connectivity index (χ4v) is 2.37. The maximum Gasteiger partial charge on any atom is 0.0699 e. The molecular formula is C13H25B. The Hall–Kier alpha value is 0.0649. The summed E-state index contributed by atoms with van der Waals surface area (Å²) in [4.78, 5) is 0. The Morgan fingerprint density at radius 1 is 0.500 bits per heavy atom. The third-order valence-corrected chi connectivity index (χ3v) is 3.40. The largest absolute Gasteiger partial charge is 0.0774 e. The molecule has 0 atom stereocenters. The van der Waals surface area contributed by atoms with Crippen LogP contribution in [-0.4, -0.2) is 7.85 Å². The van der Waals surface area contributed by atoms with Gasteiger partial charge in [0, 0.05) is 0 Å². The first-order valence-corrected chi connectivity index (χ1v) is 6.65. The summed E-state index contributed by atoms with van der Waals surface area (Å²) in [5, 5.41) is 0. The van der Waals surface area contributed by atoms with Crippen molar-refractivity contribution in [1.29, 1.82) is 0 Å². The maximum absolute atomic E-state index is 6.05.